The summed E-state index contributed by atoms with van der Waals surface area (Å²) < 4.78 is 0. The lowest BCUT2D eigenvalue weighted by Gasteiger charge is -2.18. The number of rotatable bonds is 6. The van der Waals surface area contributed by atoms with Crippen LogP contribution in [0.4, 0.5) is 5.69 Å². The number of anilines is 1. The molecule has 114 valence electrons. The minimum atomic E-state index is -0.394. The van der Waals surface area contributed by atoms with Gasteiger partial charge in [-0.25, -0.2) is 0 Å². The molecule has 0 radical (unpaired) electrons. The Hall–Kier alpha value is -2.41. The summed E-state index contributed by atoms with van der Waals surface area (Å²) in [7, 11) is 1.68. The number of nitrogens with two attached hydrogens (primary N) is 1. The highest BCUT2D eigenvalue weighted by Crippen LogP contribution is 2.16. The molecule has 0 aromatic heterocycles. The van der Waals surface area contributed by atoms with Crippen LogP contribution in [0.5, 0.6) is 0 Å². The zero-order valence-electron chi connectivity index (χ0n) is 12.2. The fraction of sp³-hybridized carbons (Fsp3) is 0.357. The molecule has 0 aliphatic heterocycles. The van der Waals surface area contributed by atoms with Gasteiger partial charge >= 0.3 is 0 Å². The first kappa shape index (κ1) is 16.6. The third kappa shape index (κ3) is 5.62. The molecule has 0 spiro atoms. The van der Waals surface area contributed by atoms with Crippen molar-refractivity contribution < 1.29 is 14.4 Å². The van der Waals surface area contributed by atoms with E-state index in [1.54, 1.807) is 24.1 Å². The van der Waals surface area contributed by atoms with Gasteiger partial charge < -0.3 is 21.3 Å². The lowest BCUT2D eigenvalue weighted by atomic mass is 10.1. The van der Waals surface area contributed by atoms with Gasteiger partial charge in [-0.05, 0) is 11.6 Å². The van der Waals surface area contributed by atoms with Crippen LogP contribution in [0, 0.1) is 0 Å². The lowest BCUT2D eigenvalue weighted by Crippen LogP contribution is -2.36. The van der Waals surface area contributed by atoms with Crippen molar-refractivity contribution in [2.24, 2.45) is 5.73 Å². The molecule has 0 bridgehead atoms. The molecule has 4 N–H and O–H groups in total. The lowest BCUT2D eigenvalue weighted by molar-refractivity contribution is -0.128. The highest BCUT2D eigenvalue weighted by atomic mass is 16.2. The van der Waals surface area contributed by atoms with E-state index >= 15 is 0 Å². The van der Waals surface area contributed by atoms with Crippen molar-refractivity contribution in [3.05, 3.63) is 29.8 Å². The summed E-state index contributed by atoms with van der Waals surface area (Å²) in [5.41, 5.74) is 6.56. The van der Waals surface area contributed by atoms with E-state index < -0.39 is 5.91 Å². The molecule has 7 nitrogen and oxygen atoms in total. The molecule has 0 aliphatic rings. The number of carbonyl (C=O) groups excluding carboxylic acids is 3. The maximum absolute atomic E-state index is 11.8. The molecule has 0 aliphatic carbocycles. The minimum absolute atomic E-state index is 0.0636. The predicted octanol–water partition coefficient (Wildman–Crippen LogP) is -0.322. The predicted molar refractivity (Wildman–Crippen MR) is 79.3 cm³/mol. The highest BCUT2D eigenvalue weighted by molar-refractivity contribution is 5.95. The molecule has 0 unspecified atom stereocenters. The van der Waals surface area contributed by atoms with Crippen molar-refractivity contribution in [3.63, 3.8) is 0 Å². The van der Waals surface area contributed by atoms with E-state index in [2.05, 4.69) is 10.6 Å². The molecule has 1 aromatic rings. The SMILES string of the molecule is CC(=O)N(C)Cc1ccccc1NC(=O)CNC(=O)CN. The Morgan fingerprint density at radius 2 is 1.86 bits per heavy atom. The van der Waals surface area contributed by atoms with Gasteiger partial charge in [-0.1, -0.05) is 18.2 Å². The van der Waals surface area contributed by atoms with Gasteiger partial charge in [-0.3, -0.25) is 14.4 Å². The van der Waals surface area contributed by atoms with E-state index in [0.29, 0.717) is 12.2 Å². The first-order chi connectivity index (χ1) is 9.93. The van der Waals surface area contributed by atoms with Crippen molar-refractivity contribution in [3.8, 4) is 0 Å². The van der Waals surface area contributed by atoms with Gasteiger partial charge in [-0.15, -0.1) is 0 Å². The Morgan fingerprint density at radius 3 is 2.48 bits per heavy atom. The van der Waals surface area contributed by atoms with Crippen LogP contribution in [0.1, 0.15) is 12.5 Å². The topological polar surface area (TPSA) is 105 Å². The number of carbonyl (C=O) groups is 3. The van der Waals surface area contributed by atoms with E-state index in [-0.39, 0.29) is 24.9 Å². The van der Waals surface area contributed by atoms with E-state index in [1.807, 2.05) is 12.1 Å². The van der Waals surface area contributed by atoms with E-state index in [9.17, 15) is 14.4 Å². The second-order valence-corrected chi connectivity index (χ2v) is 4.56. The van der Waals surface area contributed by atoms with Crippen molar-refractivity contribution in [1.29, 1.82) is 0 Å². The number of para-hydroxylation sites is 1. The van der Waals surface area contributed by atoms with Crippen molar-refractivity contribution >= 4 is 23.4 Å². The second-order valence-electron chi connectivity index (χ2n) is 4.56. The standard InChI is InChI=1S/C14H20N4O3/c1-10(19)18(2)9-11-5-3-4-6-12(11)17-14(21)8-16-13(20)7-15/h3-6H,7-9,15H2,1-2H3,(H,16,20)(H,17,21). The Morgan fingerprint density at radius 1 is 1.19 bits per heavy atom. The van der Waals surface area contributed by atoms with Crippen molar-refractivity contribution in [2.45, 2.75) is 13.5 Å². The zero-order valence-corrected chi connectivity index (χ0v) is 12.2. The third-order valence-corrected chi connectivity index (χ3v) is 2.87. The zero-order chi connectivity index (χ0) is 15.8. The van der Waals surface area contributed by atoms with E-state index in [1.165, 1.54) is 6.92 Å². The molecule has 0 heterocycles. The van der Waals surface area contributed by atoms with Gasteiger partial charge in [0.1, 0.15) is 0 Å². The first-order valence-corrected chi connectivity index (χ1v) is 6.50. The highest BCUT2D eigenvalue weighted by Gasteiger charge is 2.10. The molecule has 7 heteroatoms. The monoisotopic (exact) mass is 292 g/mol. The molecular weight excluding hydrogens is 272 g/mol. The van der Waals surface area contributed by atoms with Crippen LogP contribution >= 0.6 is 0 Å². The summed E-state index contributed by atoms with van der Waals surface area (Å²) in [6.45, 7) is 1.56. The van der Waals surface area contributed by atoms with Gasteiger partial charge in [0.05, 0.1) is 13.1 Å². The van der Waals surface area contributed by atoms with Crippen LogP contribution in [0.15, 0.2) is 24.3 Å². The van der Waals surface area contributed by atoms with Crippen LogP contribution in [-0.4, -0.2) is 42.8 Å². The number of hydrogen-bond acceptors (Lipinski definition) is 4. The summed E-state index contributed by atoms with van der Waals surface area (Å²) in [5, 5.41) is 5.09. The van der Waals surface area contributed by atoms with Gasteiger partial charge in [0, 0.05) is 26.2 Å². The van der Waals surface area contributed by atoms with Crippen LogP contribution in [0.2, 0.25) is 0 Å². The van der Waals surface area contributed by atoms with Gasteiger partial charge in [0.2, 0.25) is 17.7 Å². The number of nitrogens with zero attached hydrogens (tertiary/aromatic N) is 1. The third-order valence-electron chi connectivity index (χ3n) is 2.87. The van der Waals surface area contributed by atoms with Crippen LogP contribution in [-0.2, 0) is 20.9 Å². The number of benzene rings is 1. The number of amides is 3. The molecule has 0 atom stereocenters. The summed E-state index contributed by atoms with van der Waals surface area (Å²) >= 11 is 0. The molecular formula is C14H20N4O3. The molecule has 0 saturated heterocycles. The average molecular weight is 292 g/mol. The summed E-state index contributed by atoms with van der Waals surface area (Å²) in [6, 6.07) is 7.18. The minimum Gasteiger partial charge on any atom is -0.346 e. The molecule has 0 fully saturated rings. The normalized spacial score (nSPS) is 9.86. The Balaban J connectivity index is 2.68. The fourth-order valence-corrected chi connectivity index (χ4v) is 1.59. The average Bonchev–Trinajstić information content (AvgIpc) is 2.46. The number of nitrogens with one attached hydrogen (secondary N) is 2. The maximum Gasteiger partial charge on any atom is 0.243 e. The van der Waals surface area contributed by atoms with Gasteiger partial charge in [-0.2, -0.15) is 0 Å². The Labute approximate surface area is 123 Å². The fourth-order valence-electron chi connectivity index (χ4n) is 1.59. The molecule has 3 amide bonds. The van der Waals surface area contributed by atoms with E-state index in [4.69, 9.17) is 5.73 Å². The number of hydrogen-bond donors (Lipinski definition) is 3. The van der Waals surface area contributed by atoms with Crippen LogP contribution < -0.4 is 16.4 Å². The summed E-state index contributed by atoms with van der Waals surface area (Å²) in [4.78, 5) is 35.6. The Kier molecular flexibility index (Phi) is 6.35. The molecule has 1 aromatic carbocycles. The van der Waals surface area contributed by atoms with Crippen molar-refractivity contribution in [1.82, 2.24) is 10.2 Å². The van der Waals surface area contributed by atoms with E-state index in [0.717, 1.165) is 5.56 Å². The Bertz CT molecular complexity index is 531. The van der Waals surface area contributed by atoms with Gasteiger partial charge in [0.15, 0.2) is 0 Å². The maximum atomic E-state index is 11.8. The first-order valence-electron chi connectivity index (χ1n) is 6.50. The van der Waals surface area contributed by atoms with Crippen LogP contribution in [0.3, 0.4) is 0 Å². The molecule has 1 rings (SSSR count). The second kappa shape index (κ2) is 8.01. The largest absolute Gasteiger partial charge is 0.346 e. The quantitative estimate of drug-likeness (QED) is 0.668. The summed E-state index contributed by atoms with van der Waals surface area (Å²) in [5.74, 6) is -0.809. The molecule has 21 heavy (non-hydrogen) atoms. The van der Waals surface area contributed by atoms with Crippen molar-refractivity contribution in [2.75, 3.05) is 25.5 Å². The van der Waals surface area contributed by atoms with Gasteiger partial charge in [0.25, 0.3) is 0 Å². The molecule has 0 saturated carbocycles. The summed E-state index contributed by atoms with van der Waals surface area (Å²) in [6.07, 6.45) is 0. The smallest absolute Gasteiger partial charge is 0.243 e. The van der Waals surface area contributed by atoms with Crippen LogP contribution in [0.25, 0.3) is 0 Å².